The minimum atomic E-state index is -3.91. The number of benzene rings is 2. The van der Waals surface area contributed by atoms with Crippen molar-refractivity contribution in [1.29, 1.82) is 0 Å². The quantitative estimate of drug-likeness (QED) is 0.649. The Kier molecular flexibility index (Phi) is 5.15. The first-order chi connectivity index (χ1) is 12.0. The number of piperazine rings is 1. The largest absolute Gasteiger partial charge is 0.344 e. The maximum Gasteiger partial charge on any atom is 0.284 e. The van der Waals surface area contributed by atoms with E-state index in [1.165, 1.54) is 17.0 Å². The summed E-state index contributed by atoms with van der Waals surface area (Å²) in [5, 5.41) is 0. The van der Waals surface area contributed by atoms with Crippen LogP contribution in [0.4, 0.5) is 4.39 Å². The summed E-state index contributed by atoms with van der Waals surface area (Å²) >= 11 is 0. The number of nitrogens with zero attached hydrogens (tertiary/aromatic N) is 2. The Hall–Kier alpha value is -2.25. The van der Waals surface area contributed by atoms with E-state index in [1.54, 1.807) is 0 Å². The Bertz CT molecular complexity index is 844. The number of sulfonamides is 1. The SMILES string of the molecule is C[NH+]1CCN(C(=NS(=O)(=O)c2ccc(F)cc2)c2ccccc2)CC1. The summed E-state index contributed by atoms with van der Waals surface area (Å²) in [4.78, 5) is 3.40. The summed E-state index contributed by atoms with van der Waals surface area (Å²) in [7, 11) is -1.80. The molecule has 0 radical (unpaired) electrons. The summed E-state index contributed by atoms with van der Waals surface area (Å²) < 4.78 is 42.6. The van der Waals surface area contributed by atoms with E-state index in [1.807, 2.05) is 35.2 Å². The van der Waals surface area contributed by atoms with Crippen LogP contribution in [0.5, 0.6) is 0 Å². The maximum atomic E-state index is 13.1. The molecule has 132 valence electrons. The van der Waals surface area contributed by atoms with Gasteiger partial charge in [-0.2, -0.15) is 8.42 Å². The summed E-state index contributed by atoms with van der Waals surface area (Å²) in [5.41, 5.74) is 0.757. The summed E-state index contributed by atoms with van der Waals surface area (Å²) in [6.45, 7) is 3.31. The van der Waals surface area contributed by atoms with Crippen molar-refractivity contribution in [2.45, 2.75) is 4.90 Å². The second kappa shape index (κ2) is 7.33. The van der Waals surface area contributed by atoms with E-state index in [9.17, 15) is 12.8 Å². The van der Waals surface area contributed by atoms with Crippen LogP contribution in [-0.4, -0.2) is 52.4 Å². The molecular weight excluding hydrogens is 341 g/mol. The lowest BCUT2D eigenvalue weighted by Crippen LogP contribution is -3.12. The van der Waals surface area contributed by atoms with Gasteiger partial charge in [0.05, 0.1) is 38.1 Å². The zero-order chi connectivity index (χ0) is 17.9. The van der Waals surface area contributed by atoms with E-state index >= 15 is 0 Å². The minimum absolute atomic E-state index is 0.0120. The van der Waals surface area contributed by atoms with Crippen molar-refractivity contribution in [1.82, 2.24) is 4.90 Å². The first-order valence-corrected chi connectivity index (χ1v) is 9.62. The van der Waals surface area contributed by atoms with Crippen molar-refractivity contribution in [3.05, 3.63) is 66.0 Å². The molecule has 5 nitrogen and oxygen atoms in total. The predicted molar refractivity (Wildman–Crippen MR) is 94.8 cm³/mol. The Morgan fingerprint density at radius 2 is 1.64 bits per heavy atom. The first kappa shape index (κ1) is 17.6. The van der Waals surface area contributed by atoms with E-state index in [2.05, 4.69) is 11.4 Å². The third kappa shape index (κ3) is 4.24. The van der Waals surface area contributed by atoms with Crippen molar-refractivity contribution in [2.75, 3.05) is 33.2 Å². The molecule has 0 bridgehead atoms. The number of hydrogen-bond acceptors (Lipinski definition) is 2. The molecule has 0 spiro atoms. The fourth-order valence-corrected chi connectivity index (χ4v) is 3.79. The van der Waals surface area contributed by atoms with Gasteiger partial charge in [0.25, 0.3) is 10.0 Å². The number of halogens is 1. The van der Waals surface area contributed by atoms with Gasteiger partial charge in [0.15, 0.2) is 0 Å². The van der Waals surface area contributed by atoms with E-state index in [4.69, 9.17) is 0 Å². The van der Waals surface area contributed by atoms with Crippen LogP contribution >= 0.6 is 0 Å². The van der Waals surface area contributed by atoms with Crippen LogP contribution in [0.3, 0.4) is 0 Å². The number of likely N-dealkylation sites (N-methyl/N-ethyl adjacent to an activating group) is 1. The molecule has 0 atom stereocenters. The highest BCUT2D eigenvalue weighted by Gasteiger charge is 2.24. The second-order valence-electron chi connectivity index (χ2n) is 6.15. The molecule has 1 aliphatic rings. The molecule has 0 unspecified atom stereocenters. The van der Waals surface area contributed by atoms with Gasteiger partial charge < -0.3 is 9.80 Å². The van der Waals surface area contributed by atoms with Gasteiger partial charge in [-0.15, -0.1) is 4.40 Å². The third-order valence-corrected chi connectivity index (χ3v) is 5.55. The minimum Gasteiger partial charge on any atom is -0.344 e. The van der Waals surface area contributed by atoms with E-state index in [0.29, 0.717) is 5.84 Å². The molecular formula is C18H21FN3O2S+. The zero-order valence-electron chi connectivity index (χ0n) is 14.0. The van der Waals surface area contributed by atoms with Crippen LogP contribution in [0.2, 0.25) is 0 Å². The molecule has 2 aromatic rings. The highest BCUT2D eigenvalue weighted by molar-refractivity contribution is 7.90. The van der Waals surface area contributed by atoms with Gasteiger partial charge in [0, 0.05) is 5.56 Å². The lowest BCUT2D eigenvalue weighted by molar-refractivity contribution is -0.883. The molecule has 2 aromatic carbocycles. The van der Waals surface area contributed by atoms with E-state index in [0.717, 1.165) is 43.9 Å². The Balaban J connectivity index is 2.01. The monoisotopic (exact) mass is 362 g/mol. The molecule has 0 saturated carbocycles. The van der Waals surface area contributed by atoms with Gasteiger partial charge in [-0.1, -0.05) is 30.3 Å². The molecule has 1 aliphatic heterocycles. The van der Waals surface area contributed by atoms with Crippen molar-refractivity contribution >= 4 is 15.9 Å². The maximum absolute atomic E-state index is 13.1. The zero-order valence-corrected chi connectivity index (χ0v) is 14.8. The number of amidine groups is 1. The van der Waals surface area contributed by atoms with Gasteiger partial charge in [0.2, 0.25) is 0 Å². The fourth-order valence-electron chi connectivity index (χ4n) is 2.75. The third-order valence-electron chi connectivity index (χ3n) is 4.27. The van der Waals surface area contributed by atoms with Gasteiger partial charge in [-0.05, 0) is 24.3 Å². The molecule has 0 amide bonds. The number of nitrogens with one attached hydrogen (secondary N) is 1. The highest BCUT2D eigenvalue weighted by Crippen LogP contribution is 2.16. The standard InChI is InChI=1S/C18H20FN3O2S/c1-21-11-13-22(14-12-21)18(15-5-3-2-4-6-15)20-25(23,24)17-9-7-16(19)8-10-17/h2-10H,11-14H2,1H3/p+1. The smallest absolute Gasteiger partial charge is 0.284 e. The summed E-state index contributed by atoms with van der Waals surface area (Å²) in [6, 6.07) is 14.0. The lowest BCUT2D eigenvalue weighted by Gasteiger charge is -2.32. The van der Waals surface area contributed by atoms with Crippen LogP contribution in [0.25, 0.3) is 0 Å². The molecule has 1 heterocycles. The predicted octanol–water partition coefficient (Wildman–Crippen LogP) is 0.792. The normalized spacial score (nSPS) is 16.9. The van der Waals surface area contributed by atoms with Crippen molar-refractivity contribution in [3.8, 4) is 0 Å². The van der Waals surface area contributed by atoms with Crippen molar-refractivity contribution < 1.29 is 17.7 Å². The number of hydrogen-bond donors (Lipinski definition) is 1. The van der Waals surface area contributed by atoms with Crippen molar-refractivity contribution in [3.63, 3.8) is 0 Å². The highest BCUT2D eigenvalue weighted by atomic mass is 32.2. The van der Waals surface area contributed by atoms with Gasteiger partial charge in [-0.25, -0.2) is 4.39 Å². The lowest BCUT2D eigenvalue weighted by atomic mass is 10.2. The average molecular weight is 362 g/mol. The van der Waals surface area contributed by atoms with Gasteiger partial charge in [-0.3, -0.25) is 0 Å². The van der Waals surface area contributed by atoms with Crippen LogP contribution in [0.1, 0.15) is 5.56 Å². The summed E-state index contributed by atoms with van der Waals surface area (Å²) in [6.07, 6.45) is 0. The van der Waals surface area contributed by atoms with Crippen LogP contribution in [0, 0.1) is 5.82 Å². The number of rotatable bonds is 3. The Morgan fingerprint density at radius 3 is 2.24 bits per heavy atom. The average Bonchev–Trinajstić information content (AvgIpc) is 2.62. The van der Waals surface area contributed by atoms with Gasteiger partial charge in [0.1, 0.15) is 11.7 Å². The Labute approximate surface area is 147 Å². The van der Waals surface area contributed by atoms with Crippen LogP contribution in [-0.2, 0) is 10.0 Å². The molecule has 3 rings (SSSR count). The second-order valence-corrected chi connectivity index (χ2v) is 7.76. The topological polar surface area (TPSA) is 54.2 Å². The molecule has 0 aliphatic carbocycles. The van der Waals surface area contributed by atoms with E-state index in [-0.39, 0.29) is 4.90 Å². The molecule has 0 aromatic heterocycles. The first-order valence-electron chi connectivity index (χ1n) is 8.18. The number of quaternary nitrogens is 1. The molecule has 1 saturated heterocycles. The Morgan fingerprint density at radius 1 is 1.04 bits per heavy atom. The van der Waals surface area contributed by atoms with Crippen molar-refractivity contribution in [2.24, 2.45) is 4.40 Å². The van der Waals surface area contributed by atoms with Gasteiger partial charge >= 0.3 is 0 Å². The molecule has 25 heavy (non-hydrogen) atoms. The molecule has 1 N–H and O–H groups in total. The fraction of sp³-hybridized carbons (Fsp3) is 0.278. The van der Waals surface area contributed by atoms with Crippen LogP contribution < -0.4 is 4.90 Å². The van der Waals surface area contributed by atoms with E-state index < -0.39 is 15.8 Å². The van der Waals surface area contributed by atoms with Crippen LogP contribution in [0.15, 0.2) is 63.9 Å². The molecule has 1 fully saturated rings. The summed E-state index contributed by atoms with van der Waals surface area (Å²) in [5.74, 6) is -0.0364. The molecule has 7 heteroatoms.